The number of aromatic nitrogens is 1. The van der Waals surface area contributed by atoms with Crippen molar-refractivity contribution in [2.45, 2.75) is 19.4 Å². The number of amides is 1. The fourth-order valence-electron chi connectivity index (χ4n) is 2.85. The van der Waals surface area contributed by atoms with Gasteiger partial charge in [-0.1, -0.05) is 0 Å². The molecule has 0 aromatic carbocycles. The van der Waals surface area contributed by atoms with Crippen LogP contribution < -0.4 is 0 Å². The Labute approximate surface area is 123 Å². The van der Waals surface area contributed by atoms with E-state index in [-0.39, 0.29) is 12.5 Å². The second kappa shape index (κ2) is 5.89. The lowest BCUT2D eigenvalue weighted by Gasteiger charge is -2.34. The molecule has 1 aliphatic heterocycles. The first-order valence-corrected chi connectivity index (χ1v) is 7.52. The number of hydrogen-bond donors (Lipinski definition) is 1. The molecule has 2 heterocycles. The van der Waals surface area contributed by atoms with E-state index in [1.54, 1.807) is 18.3 Å². The van der Waals surface area contributed by atoms with Gasteiger partial charge in [0.2, 0.25) is 0 Å². The molecule has 0 spiro atoms. The number of nitrogens with zero attached hydrogens (tertiary/aromatic N) is 3. The first-order valence-electron chi connectivity index (χ1n) is 7.52. The number of carboxylic acid groups (broad SMARTS) is 1. The Morgan fingerprint density at radius 3 is 2.52 bits per heavy atom. The van der Waals surface area contributed by atoms with E-state index in [0.717, 1.165) is 38.6 Å². The summed E-state index contributed by atoms with van der Waals surface area (Å²) in [5.74, 6) is -0.123. The molecule has 1 saturated carbocycles. The Morgan fingerprint density at radius 2 is 1.90 bits per heavy atom. The summed E-state index contributed by atoms with van der Waals surface area (Å²) in [5, 5.41) is 8.87. The number of carboxylic acids is 1. The molecule has 1 aromatic rings. The third-order valence-electron chi connectivity index (χ3n) is 4.23. The van der Waals surface area contributed by atoms with E-state index >= 15 is 0 Å². The lowest BCUT2D eigenvalue weighted by atomic mass is 10.2. The van der Waals surface area contributed by atoms with Crippen molar-refractivity contribution in [1.29, 1.82) is 0 Å². The summed E-state index contributed by atoms with van der Waals surface area (Å²) in [4.78, 5) is 27.6. The van der Waals surface area contributed by atoms with Gasteiger partial charge < -0.3 is 14.6 Å². The summed E-state index contributed by atoms with van der Waals surface area (Å²) >= 11 is 0. The minimum atomic E-state index is -0.936. The molecule has 0 atom stereocenters. The molecular formula is C15H21N3O3. The maximum atomic E-state index is 12.5. The standard InChI is InChI=1S/C15H21N3O3/c19-14(20)11-18-5-1-2-13(18)15(21)17-8-6-16(7-9-17)10-12-3-4-12/h1-2,5,12H,3-4,6-11H2,(H,19,20). The van der Waals surface area contributed by atoms with Crippen LogP contribution in [-0.4, -0.2) is 64.1 Å². The lowest BCUT2D eigenvalue weighted by molar-refractivity contribution is -0.137. The summed E-state index contributed by atoms with van der Waals surface area (Å²) in [6.07, 6.45) is 4.34. The summed E-state index contributed by atoms with van der Waals surface area (Å²) in [6.45, 7) is 4.28. The van der Waals surface area contributed by atoms with Gasteiger partial charge in [0.05, 0.1) is 0 Å². The zero-order chi connectivity index (χ0) is 14.8. The summed E-state index contributed by atoms with van der Waals surface area (Å²) in [7, 11) is 0. The van der Waals surface area contributed by atoms with Gasteiger partial charge in [-0.05, 0) is 30.9 Å². The molecule has 21 heavy (non-hydrogen) atoms. The van der Waals surface area contributed by atoms with Gasteiger partial charge in [0.15, 0.2) is 0 Å². The number of carbonyl (C=O) groups is 2. The van der Waals surface area contributed by atoms with Gasteiger partial charge in [-0.3, -0.25) is 14.5 Å². The van der Waals surface area contributed by atoms with Crippen LogP contribution in [0.4, 0.5) is 0 Å². The van der Waals surface area contributed by atoms with Gasteiger partial charge in [0, 0.05) is 38.9 Å². The van der Waals surface area contributed by atoms with E-state index < -0.39 is 5.97 Å². The molecule has 0 radical (unpaired) electrons. The molecule has 6 heteroatoms. The maximum Gasteiger partial charge on any atom is 0.323 e. The average molecular weight is 291 g/mol. The molecule has 1 N–H and O–H groups in total. The van der Waals surface area contributed by atoms with Gasteiger partial charge >= 0.3 is 5.97 Å². The van der Waals surface area contributed by atoms with E-state index in [4.69, 9.17) is 5.11 Å². The molecule has 1 saturated heterocycles. The number of rotatable bonds is 5. The Kier molecular flexibility index (Phi) is 3.96. The Hall–Kier alpha value is -1.82. The van der Waals surface area contributed by atoms with Crippen LogP contribution >= 0.6 is 0 Å². The monoisotopic (exact) mass is 291 g/mol. The highest BCUT2D eigenvalue weighted by Crippen LogP contribution is 2.29. The van der Waals surface area contributed by atoms with Crippen LogP contribution in [0.25, 0.3) is 0 Å². The number of aliphatic carboxylic acids is 1. The first kappa shape index (κ1) is 14.1. The van der Waals surface area contributed by atoms with Crippen LogP contribution in [0.1, 0.15) is 23.3 Å². The maximum absolute atomic E-state index is 12.5. The Balaban J connectivity index is 1.58. The Morgan fingerprint density at radius 1 is 1.19 bits per heavy atom. The fourth-order valence-corrected chi connectivity index (χ4v) is 2.85. The normalized spacial score (nSPS) is 19.7. The SMILES string of the molecule is O=C(O)Cn1cccc1C(=O)N1CCN(CC2CC2)CC1. The molecule has 2 fully saturated rings. The van der Waals surface area contributed by atoms with E-state index in [1.807, 2.05) is 4.90 Å². The van der Waals surface area contributed by atoms with Crippen LogP contribution in [0.15, 0.2) is 18.3 Å². The van der Waals surface area contributed by atoms with Crippen molar-refractivity contribution in [3.05, 3.63) is 24.0 Å². The van der Waals surface area contributed by atoms with Crippen molar-refractivity contribution in [1.82, 2.24) is 14.4 Å². The summed E-state index contributed by atoms with van der Waals surface area (Å²) in [6, 6.07) is 3.42. The van der Waals surface area contributed by atoms with Crippen molar-refractivity contribution < 1.29 is 14.7 Å². The summed E-state index contributed by atoms with van der Waals surface area (Å²) < 4.78 is 1.50. The van der Waals surface area contributed by atoms with Crippen LogP contribution in [0.3, 0.4) is 0 Å². The topological polar surface area (TPSA) is 65.8 Å². The molecule has 114 valence electrons. The molecule has 2 aliphatic rings. The minimum Gasteiger partial charge on any atom is -0.480 e. The zero-order valence-electron chi connectivity index (χ0n) is 12.1. The van der Waals surface area contributed by atoms with Crippen molar-refractivity contribution in [2.24, 2.45) is 5.92 Å². The third kappa shape index (κ3) is 3.44. The second-order valence-electron chi connectivity index (χ2n) is 5.95. The third-order valence-corrected chi connectivity index (χ3v) is 4.23. The van der Waals surface area contributed by atoms with Crippen molar-refractivity contribution in [2.75, 3.05) is 32.7 Å². The quantitative estimate of drug-likeness (QED) is 0.869. The summed E-state index contributed by atoms with van der Waals surface area (Å²) in [5.41, 5.74) is 0.466. The van der Waals surface area contributed by atoms with Crippen LogP contribution in [0, 0.1) is 5.92 Å². The predicted molar refractivity (Wildman–Crippen MR) is 77.1 cm³/mol. The molecule has 6 nitrogen and oxygen atoms in total. The molecule has 0 bridgehead atoms. The minimum absolute atomic E-state index is 0.0627. The van der Waals surface area contributed by atoms with Crippen molar-refractivity contribution >= 4 is 11.9 Å². The van der Waals surface area contributed by atoms with Crippen LogP contribution in [0.5, 0.6) is 0 Å². The van der Waals surface area contributed by atoms with Crippen molar-refractivity contribution in [3.63, 3.8) is 0 Å². The van der Waals surface area contributed by atoms with E-state index in [9.17, 15) is 9.59 Å². The zero-order valence-corrected chi connectivity index (χ0v) is 12.1. The number of piperazine rings is 1. The average Bonchev–Trinajstić information content (AvgIpc) is 3.15. The van der Waals surface area contributed by atoms with Gasteiger partial charge in [0.25, 0.3) is 5.91 Å². The molecule has 3 rings (SSSR count). The largest absolute Gasteiger partial charge is 0.480 e. The fraction of sp³-hybridized carbons (Fsp3) is 0.600. The highest BCUT2D eigenvalue weighted by atomic mass is 16.4. The van der Waals surface area contributed by atoms with Crippen molar-refractivity contribution in [3.8, 4) is 0 Å². The molecule has 1 amide bonds. The number of carbonyl (C=O) groups excluding carboxylic acids is 1. The van der Waals surface area contributed by atoms with E-state index in [2.05, 4.69) is 4.90 Å². The van der Waals surface area contributed by atoms with Crippen LogP contribution in [0.2, 0.25) is 0 Å². The predicted octanol–water partition coefficient (Wildman–Crippen LogP) is 0.740. The molecule has 0 unspecified atom stereocenters. The highest BCUT2D eigenvalue weighted by molar-refractivity contribution is 5.93. The van der Waals surface area contributed by atoms with Gasteiger partial charge in [-0.15, -0.1) is 0 Å². The van der Waals surface area contributed by atoms with Gasteiger partial charge in [-0.25, -0.2) is 0 Å². The van der Waals surface area contributed by atoms with Crippen LogP contribution in [-0.2, 0) is 11.3 Å². The second-order valence-corrected chi connectivity index (χ2v) is 5.95. The van der Waals surface area contributed by atoms with E-state index in [1.165, 1.54) is 17.4 Å². The molecule has 1 aliphatic carbocycles. The number of hydrogen-bond acceptors (Lipinski definition) is 3. The Bertz CT molecular complexity index is 528. The van der Waals surface area contributed by atoms with Gasteiger partial charge in [0.1, 0.15) is 12.2 Å². The highest BCUT2D eigenvalue weighted by Gasteiger charge is 2.28. The first-order chi connectivity index (χ1) is 10.1. The molecular weight excluding hydrogens is 270 g/mol. The molecule has 1 aromatic heterocycles. The van der Waals surface area contributed by atoms with Gasteiger partial charge in [-0.2, -0.15) is 0 Å². The smallest absolute Gasteiger partial charge is 0.323 e. The van der Waals surface area contributed by atoms with E-state index in [0.29, 0.717) is 5.69 Å². The lowest BCUT2D eigenvalue weighted by Crippen LogP contribution is -2.49.